The fourth-order valence-electron chi connectivity index (χ4n) is 2.27. The first-order chi connectivity index (χ1) is 11.7. The molecule has 0 aromatic heterocycles. The summed E-state index contributed by atoms with van der Waals surface area (Å²) in [6, 6.07) is 1.34. The molecule has 26 heavy (non-hydrogen) atoms. The molecular weight excluding hydrogens is 494 g/mol. The molecule has 2 rings (SSSR count). The van der Waals surface area contributed by atoms with E-state index in [1.54, 1.807) is 0 Å². The summed E-state index contributed by atoms with van der Waals surface area (Å²) < 4.78 is 48.7. The number of halogens is 5. The van der Waals surface area contributed by atoms with Crippen LogP contribution in [0.25, 0.3) is 0 Å². The molecule has 14 heteroatoms. The zero-order chi connectivity index (χ0) is 19.9. The normalized spacial score (nSPS) is 23.0. The third kappa shape index (κ3) is 5.51. The summed E-state index contributed by atoms with van der Waals surface area (Å²) in [5.74, 6) is -2.10. The Morgan fingerprint density at radius 2 is 1.65 bits per heavy atom. The first-order valence-electron chi connectivity index (χ1n) is 6.77. The standard InChI is InChI=1S/C12H11Cl5N2O5S2/c13-7-2-1-6(3-8(7)14)26(23,24)19-10-5-25(21,22)4-9(10)18-11(20)12(15,16)17/h1-3,9-10,19H,4-5H2,(H,18,20)/t9-,10-/m1/s1. The number of carbonyl (C=O) groups is 1. The van der Waals surface area contributed by atoms with Crippen LogP contribution in [0.5, 0.6) is 0 Å². The molecule has 2 N–H and O–H groups in total. The van der Waals surface area contributed by atoms with Gasteiger partial charge in [0.2, 0.25) is 10.0 Å². The molecule has 0 aliphatic carbocycles. The minimum absolute atomic E-state index is 0.00893. The third-order valence-corrected chi connectivity index (χ3v) is 7.91. The van der Waals surface area contributed by atoms with Crippen LogP contribution >= 0.6 is 58.0 Å². The minimum Gasteiger partial charge on any atom is -0.347 e. The Morgan fingerprint density at radius 1 is 1.08 bits per heavy atom. The average molecular weight is 505 g/mol. The lowest BCUT2D eigenvalue weighted by Crippen LogP contribution is -2.53. The molecule has 0 spiro atoms. The summed E-state index contributed by atoms with van der Waals surface area (Å²) in [6.45, 7) is 0. The molecule has 0 radical (unpaired) electrons. The molecule has 1 heterocycles. The van der Waals surface area contributed by atoms with Gasteiger partial charge in [-0.25, -0.2) is 21.6 Å². The van der Waals surface area contributed by atoms with Crippen molar-refractivity contribution in [3.05, 3.63) is 28.2 Å². The molecule has 0 saturated carbocycles. The number of alkyl halides is 3. The van der Waals surface area contributed by atoms with Gasteiger partial charge in [0.05, 0.1) is 38.5 Å². The molecular formula is C12H11Cl5N2O5S2. The van der Waals surface area contributed by atoms with Crippen LogP contribution in [-0.4, -0.2) is 50.1 Å². The van der Waals surface area contributed by atoms with Crippen LogP contribution in [0.15, 0.2) is 23.1 Å². The maximum atomic E-state index is 12.5. The highest BCUT2D eigenvalue weighted by Crippen LogP contribution is 2.28. The van der Waals surface area contributed by atoms with E-state index in [0.29, 0.717) is 0 Å². The van der Waals surface area contributed by atoms with Crippen molar-refractivity contribution < 1.29 is 21.6 Å². The average Bonchev–Trinajstić information content (AvgIpc) is 2.73. The van der Waals surface area contributed by atoms with Gasteiger partial charge < -0.3 is 5.32 Å². The Bertz CT molecular complexity index is 930. The van der Waals surface area contributed by atoms with Crippen molar-refractivity contribution in [2.45, 2.75) is 20.8 Å². The quantitative estimate of drug-likeness (QED) is 0.609. The fraction of sp³-hybridized carbons (Fsp3) is 0.417. The molecule has 1 aliphatic rings. The first kappa shape index (κ1) is 22.3. The Hall–Kier alpha value is 0.000000000000000111. The van der Waals surface area contributed by atoms with Crippen LogP contribution in [0.2, 0.25) is 10.0 Å². The van der Waals surface area contributed by atoms with Crippen molar-refractivity contribution in [1.82, 2.24) is 10.0 Å². The number of nitrogens with one attached hydrogen (secondary N) is 2. The van der Waals surface area contributed by atoms with Gasteiger partial charge in [0, 0.05) is 0 Å². The summed E-state index contributed by atoms with van der Waals surface area (Å²) in [7, 11) is -7.77. The second-order valence-electron chi connectivity index (χ2n) is 5.46. The summed E-state index contributed by atoms with van der Waals surface area (Å²) in [4.78, 5) is 11.6. The predicted molar refractivity (Wildman–Crippen MR) is 101 cm³/mol. The first-order valence-corrected chi connectivity index (χ1v) is 12.0. The Balaban J connectivity index is 2.26. The number of hydrogen-bond acceptors (Lipinski definition) is 5. The summed E-state index contributed by atoms with van der Waals surface area (Å²) in [6.07, 6.45) is 0. The maximum absolute atomic E-state index is 12.5. The van der Waals surface area contributed by atoms with Crippen LogP contribution in [0, 0.1) is 0 Å². The minimum atomic E-state index is -4.15. The summed E-state index contributed by atoms with van der Waals surface area (Å²) >= 11 is 27.9. The molecule has 1 amide bonds. The van der Waals surface area contributed by atoms with Gasteiger partial charge in [-0.3, -0.25) is 4.79 Å². The Kier molecular flexibility index (Phi) is 6.68. The van der Waals surface area contributed by atoms with Crippen LogP contribution in [0.4, 0.5) is 0 Å². The topological polar surface area (TPSA) is 109 Å². The highest BCUT2D eigenvalue weighted by Gasteiger charge is 2.43. The second kappa shape index (κ2) is 7.79. The van der Waals surface area contributed by atoms with Crippen molar-refractivity contribution >= 4 is 83.8 Å². The number of sulfonamides is 1. The van der Waals surface area contributed by atoms with Crippen LogP contribution < -0.4 is 10.0 Å². The number of hydrogen-bond donors (Lipinski definition) is 2. The monoisotopic (exact) mass is 502 g/mol. The van der Waals surface area contributed by atoms with E-state index in [1.807, 2.05) is 0 Å². The van der Waals surface area contributed by atoms with Crippen molar-refractivity contribution in [2.75, 3.05) is 11.5 Å². The van der Waals surface area contributed by atoms with Gasteiger partial charge in [0.25, 0.3) is 9.70 Å². The maximum Gasteiger partial charge on any atom is 0.272 e. The van der Waals surface area contributed by atoms with Gasteiger partial charge in [0.15, 0.2) is 9.84 Å². The SMILES string of the molecule is O=C(N[C@@H]1CS(=O)(=O)C[C@H]1NS(=O)(=O)c1ccc(Cl)c(Cl)c1)C(Cl)(Cl)Cl. The summed E-state index contributed by atoms with van der Waals surface area (Å²) in [5.41, 5.74) is 0. The molecule has 2 atom stereocenters. The van der Waals surface area contributed by atoms with Gasteiger partial charge in [-0.1, -0.05) is 58.0 Å². The molecule has 1 aliphatic heterocycles. The zero-order valence-electron chi connectivity index (χ0n) is 12.5. The smallest absolute Gasteiger partial charge is 0.272 e. The lowest BCUT2D eigenvalue weighted by atomic mass is 10.2. The van der Waals surface area contributed by atoms with E-state index in [1.165, 1.54) is 12.1 Å². The third-order valence-electron chi connectivity index (χ3n) is 3.43. The highest BCUT2D eigenvalue weighted by molar-refractivity contribution is 7.92. The lowest BCUT2D eigenvalue weighted by molar-refractivity contribution is -0.120. The van der Waals surface area contributed by atoms with Gasteiger partial charge >= 0.3 is 0 Å². The Morgan fingerprint density at radius 3 is 2.19 bits per heavy atom. The molecule has 0 unspecified atom stereocenters. The van der Waals surface area contributed by atoms with E-state index < -0.39 is 53.1 Å². The van der Waals surface area contributed by atoms with E-state index >= 15 is 0 Å². The number of amides is 1. The zero-order valence-corrected chi connectivity index (χ0v) is 18.0. The van der Waals surface area contributed by atoms with E-state index in [2.05, 4.69) is 10.0 Å². The van der Waals surface area contributed by atoms with Crippen LogP contribution in [-0.2, 0) is 24.7 Å². The Labute approximate surface area is 175 Å². The molecule has 1 fully saturated rings. The number of sulfone groups is 1. The molecule has 7 nitrogen and oxygen atoms in total. The highest BCUT2D eigenvalue weighted by atomic mass is 35.6. The number of benzene rings is 1. The van der Waals surface area contributed by atoms with Gasteiger partial charge in [0.1, 0.15) is 0 Å². The van der Waals surface area contributed by atoms with E-state index in [0.717, 1.165) is 6.07 Å². The predicted octanol–water partition coefficient (Wildman–Crippen LogP) is 1.92. The molecule has 146 valence electrons. The largest absolute Gasteiger partial charge is 0.347 e. The molecule has 1 aromatic carbocycles. The number of rotatable bonds is 4. The van der Waals surface area contributed by atoms with E-state index in [-0.39, 0.29) is 14.9 Å². The van der Waals surface area contributed by atoms with E-state index in [9.17, 15) is 21.6 Å². The van der Waals surface area contributed by atoms with Crippen molar-refractivity contribution in [2.24, 2.45) is 0 Å². The molecule has 0 bridgehead atoms. The van der Waals surface area contributed by atoms with Crippen LogP contribution in [0.1, 0.15) is 0 Å². The van der Waals surface area contributed by atoms with Gasteiger partial charge in [-0.05, 0) is 18.2 Å². The number of carbonyl (C=O) groups excluding carboxylic acids is 1. The molecule has 1 saturated heterocycles. The molecule has 1 aromatic rings. The van der Waals surface area contributed by atoms with Crippen molar-refractivity contribution in [1.29, 1.82) is 0 Å². The van der Waals surface area contributed by atoms with Gasteiger partial charge in [-0.15, -0.1) is 0 Å². The summed E-state index contributed by atoms with van der Waals surface area (Å²) in [5, 5.41) is 2.39. The van der Waals surface area contributed by atoms with Crippen LogP contribution in [0.3, 0.4) is 0 Å². The lowest BCUT2D eigenvalue weighted by Gasteiger charge is -2.22. The van der Waals surface area contributed by atoms with Crippen molar-refractivity contribution in [3.63, 3.8) is 0 Å². The fourth-order valence-corrected chi connectivity index (χ4v) is 6.06. The second-order valence-corrected chi connectivity index (χ2v) is 12.4. The van der Waals surface area contributed by atoms with Gasteiger partial charge in [-0.2, -0.15) is 0 Å². The van der Waals surface area contributed by atoms with E-state index in [4.69, 9.17) is 58.0 Å². The van der Waals surface area contributed by atoms with Crippen molar-refractivity contribution in [3.8, 4) is 0 Å².